The highest BCUT2D eigenvalue weighted by atomic mass is 16.6. The fourth-order valence-electron chi connectivity index (χ4n) is 5.11. The van der Waals surface area contributed by atoms with Crippen molar-refractivity contribution in [3.8, 4) is 17.1 Å². The quantitative estimate of drug-likeness (QED) is 0.610. The van der Waals surface area contributed by atoms with E-state index >= 15 is 0 Å². The zero-order valence-corrected chi connectivity index (χ0v) is 17.2. The Labute approximate surface area is 173 Å². The number of ether oxygens (including phenoxy) is 2. The van der Waals surface area contributed by atoms with Crippen molar-refractivity contribution in [3.63, 3.8) is 0 Å². The van der Waals surface area contributed by atoms with Crippen molar-refractivity contribution < 1.29 is 14.3 Å². The van der Waals surface area contributed by atoms with Gasteiger partial charge in [0.15, 0.2) is 6.10 Å². The van der Waals surface area contributed by atoms with Gasteiger partial charge in [0, 0.05) is 43.7 Å². The van der Waals surface area contributed by atoms with Crippen LogP contribution in [0.25, 0.3) is 16.8 Å². The Morgan fingerprint density at radius 1 is 1.33 bits per heavy atom. The molecular weight excluding hydrogens is 384 g/mol. The third kappa shape index (κ3) is 2.57. The zero-order chi connectivity index (χ0) is 20.6. The fraction of sp³-hybridized carbons (Fsp3) is 0.524. The summed E-state index contributed by atoms with van der Waals surface area (Å²) in [5, 5.41) is 8.63. The fourth-order valence-corrected chi connectivity index (χ4v) is 5.11. The molecule has 3 aromatic rings. The minimum absolute atomic E-state index is 0.0498. The Kier molecular flexibility index (Phi) is 3.60. The van der Waals surface area contributed by atoms with Crippen LogP contribution in [0, 0.1) is 5.92 Å². The summed E-state index contributed by atoms with van der Waals surface area (Å²) in [6.45, 7) is 4.84. The van der Waals surface area contributed by atoms with Crippen LogP contribution in [0.5, 0.6) is 5.88 Å². The number of nitrogens with zero attached hydrogens (tertiary/aromatic N) is 6. The van der Waals surface area contributed by atoms with Crippen LogP contribution in [0.2, 0.25) is 0 Å². The third-order valence-corrected chi connectivity index (χ3v) is 6.87. The highest BCUT2D eigenvalue weighted by Crippen LogP contribution is 2.51. The Hall–Kier alpha value is -2.94. The van der Waals surface area contributed by atoms with Gasteiger partial charge in [0.25, 0.3) is 5.91 Å². The van der Waals surface area contributed by atoms with E-state index in [1.165, 1.54) is 0 Å². The highest BCUT2D eigenvalue weighted by molar-refractivity contribution is 5.84. The maximum atomic E-state index is 12.6. The zero-order valence-electron chi connectivity index (χ0n) is 17.2. The molecule has 9 nitrogen and oxygen atoms in total. The second-order valence-electron chi connectivity index (χ2n) is 8.87. The number of likely N-dealkylation sites (tertiary alicyclic amines) is 1. The largest absolute Gasteiger partial charge is 0.469 e. The van der Waals surface area contributed by atoms with Gasteiger partial charge in [-0.3, -0.25) is 9.48 Å². The number of rotatable bonds is 4. The molecule has 0 unspecified atom stereocenters. The molecule has 1 amide bonds. The third-order valence-electron chi connectivity index (χ3n) is 6.87. The van der Waals surface area contributed by atoms with Gasteiger partial charge in [-0.15, -0.1) is 0 Å². The lowest BCUT2D eigenvalue weighted by molar-refractivity contribution is -0.143. The summed E-state index contributed by atoms with van der Waals surface area (Å²) in [6, 6.07) is 2.13. The van der Waals surface area contributed by atoms with E-state index < -0.39 is 0 Å². The molecule has 3 fully saturated rings. The maximum absolute atomic E-state index is 12.6. The Morgan fingerprint density at radius 3 is 2.90 bits per heavy atom. The molecule has 1 saturated carbocycles. The average Bonchev–Trinajstić information content (AvgIpc) is 3.10. The molecule has 3 aliphatic rings. The van der Waals surface area contributed by atoms with Crippen molar-refractivity contribution in [2.75, 3.05) is 6.54 Å². The van der Waals surface area contributed by atoms with Gasteiger partial charge in [0.05, 0.1) is 30.4 Å². The predicted octanol–water partition coefficient (Wildman–Crippen LogP) is 1.68. The van der Waals surface area contributed by atoms with Crippen LogP contribution < -0.4 is 4.74 Å². The van der Waals surface area contributed by atoms with Crippen LogP contribution in [0.1, 0.15) is 26.7 Å². The first-order valence-corrected chi connectivity index (χ1v) is 10.4. The topological polar surface area (TPSA) is 90.1 Å². The second kappa shape index (κ2) is 6.04. The monoisotopic (exact) mass is 408 g/mol. The van der Waals surface area contributed by atoms with E-state index in [-0.39, 0.29) is 29.8 Å². The van der Waals surface area contributed by atoms with Crippen molar-refractivity contribution in [1.29, 1.82) is 0 Å². The Balaban J connectivity index is 1.27. The molecule has 2 aliphatic heterocycles. The van der Waals surface area contributed by atoms with Crippen LogP contribution in [0.3, 0.4) is 0 Å². The number of fused-ring (bicyclic) bond motifs is 2. The lowest BCUT2D eigenvalue weighted by atomic mass is 9.66. The normalized spacial score (nSPS) is 32.2. The minimum Gasteiger partial charge on any atom is -0.469 e. The van der Waals surface area contributed by atoms with E-state index in [9.17, 15) is 4.79 Å². The summed E-state index contributed by atoms with van der Waals surface area (Å²) in [6.07, 6.45) is 8.87. The molecule has 5 heterocycles. The van der Waals surface area contributed by atoms with E-state index in [1.807, 2.05) is 37.3 Å². The van der Waals surface area contributed by atoms with Crippen molar-refractivity contribution >= 4 is 11.4 Å². The number of aromatic nitrogens is 5. The summed E-state index contributed by atoms with van der Waals surface area (Å²) in [5.41, 5.74) is 2.14. The van der Waals surface area contributed by atoms with Crippen LogP contribution in [0.15, 0.2) is 30.9 Å². The molecule has 3 aromatic heterocycles. The standard InChI is InChI=1S/C21H24N6O3/c1-12-18(29-12)20(28)26-7-5-14-17(26)8-21(14,2)30-19-16-4-6-22-27(16)11-15(24-19)13-9-23-25(3)10-13/h4,6,9-12,14,17-18H,5,7-8H2,1-3H3/t12-,14-,17-,18+,21+/m1/s1. The van der Waals surface area contributed by atoms with Gasteiger partial charge in [-0.1, -0.05) is 0 Å². The number of hydrogen-bond donors (Lipinski definition) is 0. The van der Waals surface area contributed by atoms with Gasteiger partial charge in [0.2, 0.25) is 5.88 Å². The number of aryl methyl sites for hydroxylation is 1. The molecule has 5 atom stereocenters. The van der Waals surface area contributed by atoms with Gasteiger partial charge in [-0.25, -0.2) is 9.50 Å². The molecule has 1 aliphatic carbocycles. The number of amides is 1. The van der Waals surface area contributed by atoms with Crippen LogP contribution in [0.4, 0.5) is 0 Å². The second-order valence-corrected chi connectivity index (χ2v) is 8.87. The van der Waals surface area contributed by atoms with Crippen molar-refractivity contribution in [1.82, 2.24) is 29.3 Å². The number of epoxide rings is 1. The molecule has 6 rings (SSSR count). The van der Waals surface area contributed by atoms with Crippen LogP contribution in [-0.2, 0) is 16.6 Å². The molecule has 0 bridgehead atoms. The van der Waals surface area contributed by atoms with Crippen molar-refractivity contribution in [2.45, 2.75) is 50.5 Å². The summed E-state index contributed by atoms with van der Waals surface area (Å²) in [7, 11) is 1.88. The van der Waals surface area contributed by atoms with E-state index in [0.29, 0.717) is 11.8 Å². The average molecular weight is 408 g/mol. The molecular formula is C21H24N6O3. The molecule has 156 valence electrons. The smallest absolute Gasteiger partial charge is 0.254 e. The molecule has 0 N–H and O–H groups in total. The van der Waals surface area contributed by atoms with E-state index in [4.69, 9.17) is 14.5 Å². The van der Waals surface area contributed by atoms with Gasteiger partial charge in [-0.2, -0.15) is 10.2 Å². The first kappa shape index (κ1) is 17.9. The van der Waals surface area contributed by atoms with Gasteiger partial charge < -0.3 is 14.4 Å². The molecule has 2 saturated heterocycles. The molecule has 0 aromatic carbocycles. The molecule has 30 heavy (non-hydrogen) atoms. The Bertz CT molecular complexity index is 1150. The van der Waals surface area contributed by atoms with Crippen LogP contribution in [-0.4, -0.2) is 65.6 Å². The van der Waals surface area contributed by atoms with Crippen LogP contribution >= 0.6 is 0 Å². The summed E-state index contributed by atoms with van der Waals surface area (Å²) < 4.78 is 15.5. The maximum Gasteiger partial charge on any atom is 0.254 e. The minimum atomic E-state index is -0.360. The van der Waals surface area contributed by atoms with E-state index in [2.05, 4.69) is 17.1 Å². The molecule has 9 heteroatoms. The summed E-state index contributed by atoms with van der Waals surface area (Å²) in [5.74, 6) is 0.994. The molecule has 0 spiro atoms. The van der Waals surface area contributed by atoms with Gasteiger partial charge in [0.1, 0.15) is 11.1 Å². The van der Waals surface area contributed by atoms with Gasteiger partial charge in [-0.05, 0) is 26.3 Å². The lowest BCUT2D eigenvalue weighted by Crippen LogP contribution is -2.61. The number of hydrogen-bond acceptors (Lipinski definition) is 6. The van der Waals surface area contributed by atoms with Crippen molar-refractivity contribution in [2.24, 2.45) is 13.0 Å². The number of carbonyl (C=O) groups excluding carboxylic acids is 1. The summed E-state index contributed by atoms with van der Waals surface area (Å²) in [4.78, 5) is 19.5. The Morgan fingerprint density at radius 2 is 2.17 bits per heavy atom. The molecule has 0 radical (unpaired) electrons. The lowest BCUT2D eigenvalue weighted by Gasteiger charge is -2.51. The van der Waals surface area contributed by atoms with Gasteiger partial charge >= 0.3 is 0 Å². The highest BCUT2D eigenvalue weighted by Gasteiger charge is 2.61. The number of carbonyl (C=O) groups is 1. The van der Waals surface area contributed by atoms with E-state index in [1.54, 1.807) is 21.6 Å². The predicted molar refractivity (Wildman–Crippen MR) is 107 cm³/mol. The summed E-state index contributed by atoms with van der Waals surface area (Å²) >= 11 is 0. The van der Waals surface area contributed by atoms with Crippen molar-refractivity contribution in [3.05, 3.63) is 30.9 Å². The SMILES string of the molecule is C[C@H]1O[C@@H]1C(=O)N1CC[C@@H]2[C@H]1C[C@]2(C)Oc1nc(-c2cnn(C)c2)cn2nccc12. The first-order valence-electron chi connectivity index (χ1n) is 10.4. The van der Waals surface area contributed by atoms with E-state index in [0.717, 1.165) is 36.2 Å². The first-order chi connectivity index (χ1) is 14.4.